The molecule has 0 aromatic carbocycles. The van der Waals surface area contributed by atoms with Gasteiger partial charge in [-0.1, -0.05) is 96.8 Å². The van der Waals surface area contributed by atoms with Crippen LogP contribution in [0.5, 0.6) is 0 Å². The van der Waals surface area contributed by atoms with E-state index in [0.717, 1.165) is 12.8 Å². The van der Waals surface area contributed by atoms with Gasteiger partial charge in [0.15, 0.2) is 0 Å². The van der Waals surface area contributed by atoms with E-state index in [1.54, 1.807) is 0 Å². The molecule has 32 heavy (non-hydrogen) atoms. The molecule has 0 aliphatic rings. The van der Waals surface area contributed by atoms with Crippen molar-refractivity contribution in [2.75, 3.05) is 13.2 Å². The third kappa shape index (κ3) is 36.7. The van der Waals surface area contributed by atoms with Crippen LogP contribution in [0.2, 0.25) is 0 Å². The summed E-state index contributed by atoms with van der Waals surface area (Å²) in [5.41, 5.74) is 0. The number of aliphatic hydroxyl groups is 1. The Morgan fingerprint density at radius 1 is 0.719 bits per heavy atom. The molecular formula is C24H42CaO7. The molecule has 0 unspecified atom stereocenters. The first-order valence-corrected chi connectivity index (χ1v) is 11.8. The molecule has 7 nitrogen and oxygen atoms in total. The van der Waals surface area contributed by atoms with Gasteiger partial charge in [-0.05, 0) is 18.9 Å². The van der Waals surface area contributed by atoms with Crippen molar-refractivity contribution < 1.29 is 34.4 Å². The van der Waals surface area contributed by atoms with Crippen LogP contribution in [-0.4, -0.2) is 74.0 Å². The summed E-state index contributed by atoms with van der Waals surface area (Å²) in [6, 6.07) is 0. The number of rotatable bonds is 20. The zero-order chi connectivity index (χ0) is 23.6. The average Bonchev–Trinajstić information content (AvgIpc) is 2.73. The van der Waals surface area contributed by atoms with Gasteiger partial charge in [0.1, 0.15) is 6.61 Å². The van der Waals surface area contributed by atoms with Crippen molar-refractivity contribution in [3.8, 4) is 0 Å². The largest absolute Gasteiger partial charge is 2.00 e. The number of carbonyl (C=O) groups is 3. The summed E-state index contributed by atoms with van der Waals surface area (Å²) in [4.78, 5) is 30.3. The minimum absolute atomic E-state index is 0. The van der Waals surface area contributed by atoms with Gasteiger partial charge in [-0.25, -0.2) is 4.79 Å². The first-order chi connectivity index (χ1) is 14.9. The van der Waals surface area contributed by atoms with Gasteiger partial charge < -0.3 is 29.6 Å². The third-order valence-corrected chi connectivity index (χ3v) is 4.68. The van der Waals surface area contributed by atoms with Crippen LogP contribution >= 0.6 is 0 Å². The third-order valence-electron chi connectivity index (χ3n) is 4.68. The van der Waals surface area contributed by atoms with E-state index in [-0.39, 0.29) is 57.4 Å². The van der Waals surface area contributed by atoms with Crippen LogP contribution in [-0.2, 0) is 19.1 Å². The number of esters is 1. The topological polar surface area (TPSA) is 127 Å². The van der Waals surface area contributed by atoms with Gasteiger partial charge >= 0.3 is 43.7 Å². The molecular weight excluding hydrogens is 440 g/mol. The maximum atomic E-state index is 10.4. The Balaban J connectivity index is -0.000000597. The summed E-state index contributed by atoms with van der Waals surface area (Å²) < 4.78 is 4.27. The van der Waals surface area contributed by atoms with E-state index >= 15 is 0 Å². The number of aliphatic hydroxyl groups excluding tert-OH is 1. The van der Waals surface area contributed by atoms with Crippen LogP contribution in [0.15, 0.2) is 12.2 Å². The molecule has 1 N–H and O–H groups in total. The molecule has 0 saturated heterocycles. The number of carbonyl (C=O) groups excluding carboxylic acids is 3. The zero-order valence-corrected chi connectivity index (χ0v) is 22.2. The van der Waals surface area contributed by atoms with Crippen molar-refractivity contribution in [2.45, 2.75) is 110 Å². The van der Waals surface area contributed by atoms with Crippen molar-refractivity contribution in [1.82, 2.24) is 0 Å². The molecule has 0 radical (unpaired) electrons. The van der Waals surface area contributed by atoms with Gasteiger partial charge in [0.25, 0.3) is 0 Å². The maximum Gasteiger partial charge on any atom is 2.00 e. The van der Waals surface area contributed by atoms with E-state index in [4.69, 9.17) is 5.11 Å². The average molecular weight is 483 g/mol. The fourth-order valence-electron chi connectivity index (χ4n) is 2.97. The van der Waals surface area contributed by atoms with Gasteiger partial charge in [-0.3, -0.25) is 0 Å². The molecule has 0 aliphatic carbocycles. The zero-order valence-electron chi connectivity index (χ0n) is 20.0. The first kappa shape index (κ1) is 35.9. The van der Waals surface area contributed by atoms with Crippen molar-refractivity contribution in [3.63, 3.8) is 0 Å². The standard InChI is InChI=1S/C18H36O2.C6H8O5.Ca/c1-2-3-4-5-6-7-8-9-10-11-12-13-14-15-16-17-18(19)20;7-3-4-11-6(10)2-1-5(8)9;/h2-17H2,1H3,(H,19,20);1-2,7H,3-4H2,(H,8,9);/q;;+2/p-2/b;2-1-;. The second kappa shape index (κ2) is 30.4. The van der Waals surface area contributed by atoms with Crippen LogP contribution < -0.4 is 10.2 Å². The van der Waals surface area contributed by atoms with Crippen LogP contribution in [0.1, 0.15) is 110 Å². The summed E-state index contributed by atoms with van der Waals surface area (Å²) >= 11 is 0. The van der Waals surface area contributed by atoms with Gasteiger partial charge in [0.2, 0.25) is 0 Å². The fraction of sp³-hybridized carbons (Fsp3) is 0.792. The van der Waals surface area contributed by atoms with Crippen LogP contribution in [0.4, 0.5) is 0 Å². The van der Waals surface area contributed by atoms with Crippen LogP contribution in [0.3, 0.4) is 0 Å². The van der Waals surface area contributed by atoms with Gasteiger partial charge in [0, 0.05) is 12.0 Å². The molecule has 0 fully saturated rings. The normalized spacial score (nSPS) is 10.2. The Labute approximate surface area is 224 Å². The molecule has 0 aromatic heterocycles. The van der Waals surface area contributed by atoms with E-state index < -0.39 is 17.9 Å². The van der Waals surface area contributed by atoms with Crippen molar-refractivity contribution >= 4 is 55.6 Å². The quantitative estimate of drug-likeness (QED) is 0.122. The molecule has 0 spiro atoms. The number of hydrogen-bond donors (Lipinski definition) is 1. The summed E-state index contributed by atoms with van der Waals surface area (Å²) in [6.45, 7) is 1.84. The predicted octanol–water partition coefficient (Wildman–Crippen LogP) is 2.44. The SMILES string of the molecule is CCCCCCCCCCCCCCCCCC(=O)[O-].O=C([O-])/C=C\C(=O)OCCO.[Ca+2]. The van der Waals surface area contributed by atoms with Gasteiger partial charge in [-0.15, -0.1) is 0 Å². The minimum atomic E-state index is -1.47. The summed E-state index contributed by atoms with van der Waals surface area (Å²) in [6.07, 6.45) is 21.1. The number of aliphatic carboxylic acids is 2. The van der Waals surface area contributed by atoms with Crippen molar-refractivity contribution in [2.24, 2.45) is 0 Å². The second-order valence-corrected chi connectivity index (χ2v) is 7.62. The van der Waals surface area contributed by atoms with E-state index in [9.17, 15) is 24.6 Å². The van der Waals surface area contributed by atoms with Crippen LogP contribution in [0.25, 0.3) is 0 Å². The predicted molar refractivity (Wildman–Crippen MR) is 122 cm³/mol. The number of ether oxygens (including phenoxy) is 1. The number of unbranched alkanes of at least 4 members (excludes halogenated alkanes) is 14. The molecule has 0 rings (SSSR count). The molecule has 0 heterocycles. The van der Waals surface area contributed by atoms with Crippen molar-refractivity contribution in [3.05, 3.63) is 12.2 Å². The number of carboxylic acid groups (broad SMARTS) is 2. The number of carboxylic acids is 2. The molecule has 182 valence electrons. The van der Waals surface area contributed by atoms with E-state index in [2.05, 4.69) is 11.7 Å². The Morgan fingerprint density at radius 2 is 1.12 bits per heavy atom. The molecule has 0 atom stereocenters. The van der Waals surface area contributed by atoms with E-state index in [1.165, 1.54) is 83.5 Å². The maximum absolute atomic E-state index is 10.4. The Hall–Kier alpha value is -0.630. The summed E-state index contributed by atoms with van der Waals surface area (Å²) in [7, 11) is 0. The molecule has 0 aromatic rings. The molecule has 8 heteroatoms. The molecule has 0 bridgehead atoms. The van der Waals surface area contributed by atoms with Gasteiger partial charge in [-0.2, -0.15) is 0 Å². The molecule has 0 saturated carbocycles. The Kier molecular flexibility index (Phi) is 34.1. The molecule has 0 amide bonds. The Morgan fingerprint density at radius 3 is 1.47 bits per heavy atom. The summed E-state index contributed by atoms with van der Waals surface area (Å²) in [5.74, 6) is -3.19. The van der Waals surface area contributed by atoms with E-state index in [0.29, 0.717) is 12.2 Å². The molecule has 0 aliphatic heterocycles. The minimum Gasteiger partial charge on any atom is -0.550 e. The summed E-state index contributed by atoms with van der Waals surface area (Å²) in [5, 5.41) is 28.1. The monoisotopic (exact) mass is 482 g/mol. The number of hydrogen-bond acceptors (Lipinski definition) is 7. The Bertz CT molecular complexity index is 467. The van der Waals surface area contributed by atoms with Crippen molar-refractivity contribution in [1.29, 1.82) is 0 Å². The second-order valence-electron chi connectivity index (χ2n) is 7.62. The van der Waals surface area contributed by atoms with Gasteiger partial charge in [0.05, 0.1) is 12.6 Å². The first-order valence-electron chi connectivity index (χ1n) is 11.8. The van der Waals surface area contributed by atoms with Crippen LogP contribution in [0, 0.1) is 0 Å². The fourth-order valence-corrected chi connectivity index (χ4v) is 2.97. The smallest absolute Gasteiger partial charge is 0.550 e. The van der Waals surface area contributed by atoms with E-state index in [1.807, 2.05) is 0 Å².